The van der Waals surface area contributed by atoms with Gasteiger partial charge in [0.2, 0.25) is 0 Å². The number of likely N-dealkylation sites (tertiary alicyclic amines) is 1. The highest BCUT2D eigenvalue weighted by Crippen LogP contribution is 2.35. The number of methoxy groups -OCH3 is 4. The van der Waals surface area contributed by atoms with Gasteiger partial charge in [-0.3, -0.25) is 4.90 Å². The van der Waals surface area contributed by atoms with Crippen molar-refractivity contribution in [2.24, 2.45) is 5.92 Å². The molecule has 11 nitrogen and oxygen atoms in total. The van der Waals surface area contributed by atoms with E-state index in [1.807, 2.05) is 81.4 Å². The molecule has 1 saturated heterocycles. The van der Waals surface area contributed by atoms with Gasteiger partial charge in [-0.05, 0) is 91.7 Å². The van der Waals surface area contributed by atoms with Gasteiger partial charge in [-0.15, -0.1) is 12.3 Å². The zero-order chi connectivity index (χ0) is 45.1. The number of terminal acetylenes is 1. The van der Waals surface area contributed by atoms with E-state index in [4.69, 9.17) is 39.6 Å². The van der Waals surface area contributed by atoms with Gasteiger partial charge in [-0.1, -0.05) is 85.3 Å². The van der Waals surface area contributed by atoms with Gasteiger partial charge in [0, 0.05) is 28.6 Å². The highest BCUT2D eigenvalue weighted by Gasteiger charge is 2.31. The van der Waals surface area contributed by atoms with E-state index in [1.165, 1.54) is 54.1 Å². The minimum Gasteiger partial charge on any atom is -0.493 e. The summed E-state index contributed by atoms with van der Waals surface area (Å²) in [5.74, 6) is 10.5. The summed E-state index contributed by atoms with van der Waals surface area (Å²) in [6, 6.07) is 25.8. The zero-order valence-corrected chi connectivity index (χ0v) is 38.2. The Morgan fingerprint density at radius 3 is 1.71 bits per heavy atom. The van der Waals surface area contributed by atoms with E-state index >= 15 is 0 Å². The Morgan fingerprint density at radius 2 is 1.23 bits per heavy atom. The molecule has 0 aromatic heterocycles. The number of amides is 1. The van der Waals surface area contributed by atoms with Crippen LogP contribution < -0.4 is 18.9 Å². The summed E-state index contributed by atoms with van der Waals surface area (Å²) < 4.78 is 38.2. The van der Waals surface area contributed by atoms with Crippen LogP contribution >= 0.6 is 15.9 Å². The first-order valence-electron chi connectivity index (χ1n) is 20.4. The van der Waals surface area contributed by atoms with Crippen LogP contribution in [0.2, 0.25) is 0 Å². The maximum absolute atomic E-state index is 12.6. The number of hydrogen-bond acceptors (Lipinski definition) is 10. The lowest BCUT2D eigenvalue weighted by Crippen LogP contribution is -2.39. The highest BCUT2D eigenvalue weighted by atomic mass is 79.9. The molecule has 2 aliphatic rings. The van der Waals surface area contributed by atoms with Crippen molar-refractivity contribution in [2.45, 2.75) is 84.2 Å². The van der Waals surface area contributed by atoms with Crippen molar-refractivity contribution in [3.05, 3.63) is 117 Å². The second-order valence-corrected chi connectivity index (χ2v) is 16.2. The predicted octanol–water partition coefficient (Wildman–Crippen LogP) is 10.4. The van der Waals surface area contributed by atoms with Crippen LogP contribution in [0.1, 0.15) is 96.7 Å². The molecule has 12 heteroatoms. The van der Waals surface area contributed by atoms with E-state index in [2.05, 4.69) is 33.7 Å². The molecule has 1 heterocycles. The highest BCUT2D eigenvalue weighted by molar-refractivity contribution is 9.10. The van der Waals surface area contributed by atoms with Crippen LogP contribution in [0.25, 0.3) is 0 Å². The van der Waals surface area contributed by atoms with Crippen LogP contribution in [0.15, 0.2) is 89.4 Å². The fourth-order valence-electron chi connectivity index (χ4n) is 6.47. The standard InChI is InChI=1S/C27H31NO6.C16H15BrO4.C7H10/c1-27(2,3)34-26(30)28-15-9-12-21(28)14-13-20-16-24(33-18-19-10-7-6-8-11-19)23(31-4)17-22(20)25(29)32-5;1-19-14-8-12(16(18)20-2)13(17)9-15(14)21-10-11-6-4-3-5-7-11;1-2-7-5-3-4-6-7/h6-8,10-11,16-17,21H,9,12,15,18H2,1-5H3;3-9H,10H2,1-2H3;1,7H,3-6H2/t21-;;/m0../s1. The maximum Gasteiger partial charge on any atom is 0.411 e. The van der Waals surface area contributed by atoms with Crippen LogP contribution in [-0.4, -0.2) is 69.6 Å². The summed E-state index contributed by atoms with van der Waals surface area (Å²) in [7, 11) is 5.68. The molecule has 4 aromatic carbocycles. The molecule has 4 aromatic rings. The SMILES string of the molecule is C#CC1CCCC1.COC(=O)c1cc(OC)c(OCc2ccccc2)cc1Br.COC(=O)c1cc(OC)c(OCc2ccccc2)cc1C#C[C@@H]1CCCN1C(=O)OC(C)(C)C. The molecule has 0 N–H and O–H groups in total. The summed E-state index contributed by atoms with van der Waals surface area (Å²) in [5, 5.41) is 0. The second-order valence-electron chi connectivity index (χ2n) is 15.3. The van der Waals surface area contributed by atoms with Gasteiger partial charge in [-0.25, -0.2) is 14.4 Å². The summed E-state index contributed by atoms with van der Waals surface area (Å²) >= 11 is 3.34. The average Bonchev–Trinajstić information content (AvgIpc) is 4.00. The van der Waals surface area contributed by atoms with Crippen molar-refractivity contribution >= 4 is 34.0 Å². The lowest BCUT2D eigenvalue weighted by atomic mass is 10.1. The van der Waals surface area contributed by atoms with Gasteiger partial charge in [0.1, 0.15) is 18.8 Å². The van der Waals surface area contributed by atoms with Gasteiger partial charge in [-0.2, -0.15) is 0 Å². The van der Waals surface area contributed by atoms with E-state index in [-0.39, 0.29) is 17.7 Å². The maximum atomic E-state index is 12.6. The summed E-state index contributed by atoms with van der Waals surface area (Å²) in [6.45, 7) is 6.82. The molecule has 1 aliphatic heterocycles. The third-order valence-corrected chi connectivity index (χ3v) is 10.3. The third-order valence-electron chi connectivity index (χ3n) is 9.69. The van der Waals surface area contributed by atoms with E-state index in [1.54, 1.807) is 29.2 Å². The van der Waals surface area contributed by atoms with E-state index in [9.17, 15) is 14.4 Å². The fraction of sp³-hybridized carbons (Fsp3) is 0.380. The van der Waals surface area contributed by atoms with Crippen LogP contribution in [0.4, 0.5) is 4.79 Å². The lowest BCUT2D eigenvalue weighted by Gasteiger charge is -2.26. The predicted molar refractivity (Wildman–Crippen MR) is 242 cm³/mol. The van der Waals surface area contributed by atoms with Crippen LogP contribution in [-0.2, 0) is 27.4 Å². The first-order chi connectivity index (χ1) is 29.8. The summed E-state index contributed by atoms with van der Waals surface area (Å²) in [5.41, 5.74) is 2.55. The Balaban J connectivity index is 0.000000253. The van der Waals surface area contributed by atoms with Crippen LogP contribution in [0.3, 0.4) is 0 Å². The fourth-order valence-corrected chi connectivity index (χ4v) is 6.95. The molecule has 1 aliphatic carbocycles. The number of esters is 2. The van der Waals surface area contributed by atoms with Crippen molar-refractivity contribution in [1.29, 1.82) is 0 Å². The summed E-state index contributed by atoms with van der Waals surface area (Å²) in [6.07, 6.45) is 11.6. The van der Waals surface area contributed by atoms with Crippen molar-refractivity contribution in [3.8, 4) is 47.2 Å². The Labute approximate surface area is 374 Å². The Morgan fingerprint density at radius 1 is 0.710 bits per heavy atom. The molecule has 328 valence electrons. The number of hydrogen-bond donors (Lipinski definition) is 0. The number of halogens is 1. The van der Waals surface area contributed by atoms with E-state index in [0.717, 1.165) is 24.0 Å². The molecule has 0 radical (unpaired) electrons. The Kier molecular flexibility index (Phi) is 19.1. The van der Waals surface area contributed by atoms with Gasteiger partial charge < -0.3 is 33.2 Å². The number of carbonyl (C=O) groups excluding carboxylic acids is 3. The molecular formula is C50H56BrNO10. The Hall–Kier alpha value is -6.11. The monoisotopic (exact) mass is 909 g/mol. The molecule has 6 rings (SSSR count). The minimum absolute atomic E-state index is 0.265. The van der Waals surface area contributed by atoms with Crippen LogP contribution in [0.5, 0.6) is 23.0 Å². The summed E-state index contributed by atoms with van der Waals surface area (Å²) in [4.78, 5) is 38.3. The normalized spacial score (nSPS) is 14.2. The minimum atomic E-state index is -0.587. The van der Waals surface area contributed by atoms with Gasteiger partial charge in [0.15, 0.2) is 23.0 Å². The van der Waals surface area contributed by atoms with E-state index in [0.29, 0.717) is 64.3 Å². The van der Waals surface area contributed by atoms with Crippen molar-refractivity contribution in [2.75, 3.05) is 35.0 Å². The Bertz CT molecular complexity index is 2200. The average molecular weight is 911 g/mol. The molecule has 62 heavy (non-hydrogen) atoms. The molecule has 2 fully saturated rings. The molecule has 0 bridgehead atoms. The number of rotatable bonds is 10. The number of benzene rings is 4. The zero-order valence-electron chi connectivity index (χ0n) is 36.6. The molecule has 0 spiro atoms. The second kappa shape index (κ2) is 24.4. The first-order valence-corrected chi connectivity index (χ1v) is 21.2. The molecule has 0 unspecified atom stereocenters. The number of nitrogens with zero attached hydrogens (tertiary/aromatic N) is 1. The smallest absolute Gasteiger partial charge is 0.411 e. The largest absolute Gasteiger partial charge is 0.493 e. The molecule has 1 saturated carbocycles. The van der Waals surface area contributed by atoms with Gasteiger partial charge >= 0.3 is 18.0 Å². The first kappa shape index (κ1) is 48.6. The third kappa shape index (κ3) is 14.8. The molecular weight excluding hydrogens is 854 g/mol. The van der Waals surface area contributed by atoms with Crippen LogP contribution in [0, 0.1) is 30.1 Å². The molecule has 1 atom stereocenters. The molecule has 1 amide bonds. The quantitative estimate of drug-likeness (QED) is 0.0864. The lowest BCUT2D eigenvalue weighted by molar-refractivity contribution is 0.0260. The van der Waals surface area contributed by atoms with Gasteiger partial charge in [0.25, 0.3) is 0 Å². The van der Waals surface area contributed by atoms with E-state index < -0.39 is 17.5 Å². The van der Waals surface area contributed by atoms with Crippen molar-refractivity contribution in [1.82, 2.24) is 4.90 Å². The van der Waals surface area contributed by atoms with Crippen molar-refractivity contribution < 1.29 is 47.5 Å². The van der Waals surface area contributed by atoms with Crippen molar-refractivity contribution in [3.63, 3.8) is 0 Å². The number of ether oxygens (including phenoxy) is 7. The number of carbonyl (C=O) groups is 3. The topological polar surface area (TPSA) is 119 Å². The van der Waals surface area contributed by atoms with Gasteiger partial charge in [0.05, 0.1) is 45.6 Å².